The van der Waals surface area contributed by atoms with Gasteiger partial charge in [-0.1, -0.05) is 36.4 Å². The molecule has 3 aromatic rings. The van der Waals surface area contributed by atoms with Crippen LogP contribution in [0, 0.1) is 0 Å². The van der Waals surface area contributed by atoms with Crippen LogP contribution >= 0.6 is 0 Å². The number of fused-ring (bicyclic) bond motifs is 1. The Morgan fingerprint density at radius 3 is 2.43 bits per heavy atom. The van der Waals surface area contributed by atoms with E-state index in [-0.39, 0.29) is 0 Å². The predicted molar refractivity (Wildman–Crippen MR) is 86.6 cm³/mol. The highest BCUT2D eigenvalue weighted by Crippen LogP contribution is 2.28. The second-order valence-electron chi connectivity index (χ2n) is 4.82. The van der Waals surface area contributed by atoms with Crippen LogP contribution in [0.4, 0.5) is 17.1 Å². The Kier molecular flexibility index (Phi) is 3.20. The van der Waals surface area contributed by atoms with Crippen LogP contribution < -0.4 is 16.8 Å². The minimum absolute atomic E-state index is 0.378. The maximum Gasteiger partial charge on any atom is 0.250 e. The molecular weight excluding hydrogens is 262 g/mol. The number of primary amides is 1. The van der Waals surface area contributed by atoms with E-state index in [1.165, 1.54) is 0 Å². The number of carbonyl (C=O) groups excluding carboxylic acids is 1. The van der Waals surface area contributed by atoms with E-state index >= 15 is 0 Å². The van der Waals surface area contributed by atoms with E-state index in [9.17, 15) is 4.79 Å². The highest BCUT2D eigenvalue weighted by molar-refractivity contribution is 6.02. The van der Waals surface area contributed by atoms with Crippen molar-refractivity contribution >= 4 is 33.7 Å². The van der Waals surface area contributed by atoms with Gasteiger partial charge < -0.3 is 16.8 Å². The molecule has 0 radical (unpaired) electrons. The number of hydrogen-bond acceptors (Lipinski definition) is 3. The minimum atomic E-state index is -0.509. The van der Waals surface area contributed by atoms with Gasteiger partial charge in [-0.15, -0.1) is 0 Å². The normalized spacial score (nSPS) is 10.5. The molecule has 1 amide bonds. The Hall–Kier alpha value is -3.01. The van der Waals surface area contributed by atoms with Gasteiger partial charge in [0, 0.05) is 5.69 Å². The van der Waals surface area contributed by atoms with Gasteiger partial charge in [0.05, 0.1) is 16.9 Å². The van der Waals surface area contributed by atoms with Crippen molar-refractivity contribution in [1.29, 1.82) is 0 Å². The molecule has 4 nitrogen and oxygen atoms in total. The molecule has 0 fully saturated rings. The molecule has 0 atom stereocenters. The molecule has 0 saturated carbocycles. The lowest BCUT2D eigenvalue weighted by molar-refractivity contribution is 0.100. The molecule has 104 valence electrons. The van der Waals surface area contributed by atoms with Crippen molar-refractivity contribution in [2.75, 3.05) is 11.1 Å². The third-order valence-electron chi connectivity index (χ3n) is 3.38. The fraction of sp³-hybridized carbons (Fsp3) is 0. The largest absolute Gasteiger partial charge is 0.397 e. The molecule has 3 aromatic carbocycles. The van der Waals surface area contributed by atoms with Crippen LogP contribution in [-0.4, -0.2) is 5.91 Å². The van der Waals surface area contributed by atoms with Crippen molar-refractivity contribution in [3.63, 3.8) is 0 Å². The van der Waals surface area contributed by atoms with Crippen LogP contribution in [0.5, 0.6) is 0 Å². The topological polar surface area (TPSA) is 81.1 Å². The van der Waals surface area contributed by atoms with E-state index in [4.69, 9.17) is 11.5 Å². The quantitative estimate of drug-likeness (QED) is 0.643. The number of nitrogens with two attached hydrogens (primary N) is 2. The minimum Gasteiger partial charge on any atom is -0.397 e. The number of carbonyl (C=O) groups is 1. The van der Waals surface area contributed by atoms with E-state index in [2.05, 4.69) is 5.32 Å². The first-order valence-electron chi connectivity index (χ1n) is 6.59. The molecule has 3 rings (SSSR count). The Morgan fingerprint density at radius 2 is 1.67 bits per heavy atom. The van der Waals surface area contributed by atoms with Crippen LogP contribution in [0.25, 0.3) is 10.8 Å². The molecule has 0 spiro atoms. The summed E-state index contributed by atoms with van der Waals surface area (Å²) in [5, 5.41) is 5.45. The third-order valence-corrected chi connectivity index (χ3v) is 3.38. The van der Waals surface area contributed by atoms with E-state index in [1.807, 2.05) is 42.5 Å². The smallest absolute Gasteiger partial charge is 0.250 e. The molecule has 0 saturated heterocycles. The van der Waals surface area contributed by atoms with Crippen molar-refractivity contribution in [2.24, 2.45) is 5.73 Å². The monoisotopic (exact) mass is 277 g/mol. The van der Waals surface area contributed by atoms with Gasteiger partial charge in [0.2, 0.25) is 0 Å². The Labute approximate surface area is 122 Å². The first kappa shape index (κ1) is 13.0. The summed E-state index contributed by atoms with van der Waals surface area (Å²) in [5.41, 5.74) is 13.6. The van der Waals surface area contributed by atoms with Crippen LogP contribution in [0.2, 0.25) is 0 Å². The summed E-state index contributed by atoms with van der Waals surface area (Å²) in [5.74, 6) is -0.509. The van der Waals surface area contributed by atoms with Crippen molar-refractivity contribution < 1.29 is 4.79 Å². The first-order chi connectivity index (χ1) is 10.1. The van der Waals surface area contributed by atoms with Crippen molar-refractivity contribution in [3.8, 4) is 0 Å². The number of nitrogen functional groups attached to an aromatic ring is 1. The number of anilines is 3. The molecule has 0 bridgehead atoms. The fourth-order valence-electron chi connectivity index (χ4n) is 2.33. The number of nitrogens with one attached hydrogen (secondary N) is 1. The first-order valence-corrected chi connectivity index (χ1v) is 6.59. The van der Waals surface area contributed by atoms with E-state index in [0.717, 1.165) is 16.5 Å². The van der Waals surface area contributed by atoms with Crippen LogP contribution in [-0.2, 0) is 0 Å². The molecule has 0 aromatic heterocycles. The Balaban J connectivity index is 2.04. The molecule has 0 unspecified atom stereocenters. The molecule has 0 heterocycles. The lowest BCUT2D eigenvalue weighted by Crippen LogP contribution is -2.14. The molecule has 4 heteroatoms. The summed E-state index contributed by atoms with van der Waals surface area (Å²) in [6, 6.07) is 19.1. The summed E-state index contributed by atoms with van der Waals surface area (Å²) in [7, 11) is 0. The lowest BCUT2D eigenvalue weighted by Gasteiger charge is -2.13. The van der Waals surface area contributed by atoms with Gasteiger partial charge in [-0.05, 0) is 35.0 Å². The fourth-order valence-corrected chi connectivity index (χ4v) is 2.33. The number of benzene rings is 3. The van der Waals surface area contributed by atoms with Crippen molar-refractivity contribution in [1.82, 2.24) is 0 Å². The second kappa shape index (κ2) is 5.17. The number of para-hydroxylation sites is 1. The van der Waals surface area contributed by atoms with Gasteiger partial charge in [-0.3, -0.25) is 4.79 Å². The number of amides is 1. The van der Waals surface area contributed by atoms with Gasteiger partial charge in [0.25, 0.3) is 5.91 Å². The Morgan fingerprint density at radius 1 is 0.905 bits per heavy atom. The highest BCUT2D eigenvalue weighted by atomic mass is 16.1. The van der Waals surface area contributed by atoms with Crippen LogP contribution in [0.3, 0.4) is 0 Å². The highest BCUT2D eigenvalue weighted by Gasteiger charge is 2.11. The maximum atomic E-state index is 11.5. The second-order valence-corrected chi connectivity index (χ2v) is 4.82. The molecular formula is C17H15N3O. The zero-order chi connectivity index (χ0) is 14.8. The van der Waals surface area contributed by atoms with E-state index in [1.54, 1.807) is 18.2 Å². The maximum absolute atomic E-state index is 11.5. The van der Waals surface area contributed by atoms with Gasteiger partial charge >= 0.3 is 0 Å². The predicted octanol–water partition coefficient (Wildman–Crippen LogP) is 3.26. The summed E-state index contributed by atoms with van der Waals surface area (Å²) < 4.78 is 0. The van der Waals surface area contributed by atoms with Crippen molar-refractivity contribution in [2.45, 2.75) is 0 Å². The van der Waals surface area contributed by atoms with E-state index < -0.39 is 5.91 Å². The van der Waals surface area contributed by atoms with Crippen LogP contribution in [0.15, 0.2) is 60.7 Å². The van der Waals surface area contributed by atoms with Gasteiger partial charge in [-0.25, -0.2) is 0 Å². The average Bonchev–Trinajstić information content (AvgIpc) is 2.49. The van der Waals surface area contributed by atoms with Gasteiger partial charge in [0.1, 0.15) is 0 Å². The molecule has 0 aliphatic carbocycles. The summed E-state index contributed by atoms with van der Waals surface area (Å²) in [6.07, 6.45) is 0. The average molecular weight is 277 g/mol. The number of hydrogen-bond donors (Lipinski definition) is 3. The standard InChI is InChI=1S/C17H15N3O/c18-15-7-3-6-14(17(19)21)16(15)20-13-9-8-11-4-1-2-5-12(11)10-13/h1-10,20H,18H2,(H2,19,21). The summed E-state index contributed by atoms with van der Waals surface area (Å²) in [6.45, 7) is 0. The summed E-state index contributed by atoms with van der Waals surface area (Å²) in [4.78, 5) is 11.5. The molecule has 21 heavy (non-hydrogen) atoms. The number of rotatable bonds is 3. The van der Waals surface area contributed by atoms with Crippen LogP contribution in [0.1, 0.15) is 10.4 Å². The third kappa shape index (κ3) is 2.51. The molecule has 0 aliphatic rings. The van der Waals surface area contributed by atoms with Gasteiger partial charge in [0.15, 0.2) is 0 Å². The molecule has 0 aliphatic heterocycles. The van der Waals surface area contributed by atoms with Crippen molar-refractivity contribution in [3.05, 3.63) is 66.2 Å². The zero-order valence-corrected chi connectivity index (χ0v) is 11.3. The SMILES string of the molecule is NC(=O)c1cccc(N)c1Nc1ccc2ccccc2c1. The van der Waals surface area contributed by atoms with E-state index in [0.29, 0.717) is 16.9 Å². The Bertz CT molecular complexity index is 827. The molecule has 5 N–H and O–H groups in total. The summed E-state index contributed by atoms with van der Waals surface area (Å²) >= 11 is 0. The van der Waals surface area contributed by atoms with Gasteiger partial charge in [-0.2, -0.15) is 0 Å². The zero-order valence-electron chi connectivity index (χ0n) is 11.3. The lowest BCUT2D eigenvalue weighted by atomic mass is 10.1.